The molecule has 0 aliphatic heterocycles. The molecule has 1 saturated carbocycles. The van der Waals surface area contributed by atoms with Gasteiger partial charge in [-0.25, -0.2) is 9.78 Å². The number of nitrogens with zero attached hydrogens (tertiary/aromatic N) is 3. The lowest BCUT2D eigenvalue weighted by Crippen LogP contribution is -2.40. The largest absolute Gasteiger partial charge is 0.332 e. The van der Waals surface area contributed by atoms with E-state index in [1.807, 2.05) is 26.0 Å². The lowest BCUT2D eigenvalue weighted by atomic mass is 9.78. The molecule has 3 aromatic rings. The lowest BCUT2D eigenvalue weighted by molar-refractivity contribution is -0.121. The number of hydrogen-bond donors (Lipinski definition) is 1. The summed E-state index contributed by atoms with van der Waals surface area (Å²) in [4.78, 5) is 43.8. The normalized spacial score (nSPS) is 15.4. The van der Waals surface area contributed by atoms with Gasteiger partial charge in [-0.3, -0.25) is 18.7 Å². The summed E-state index contributed by atoms with van der Waals surface area (Å²) >= 11 is 6.08. The molecule has 1 aliphatic carbocycles. The average molecular weight is 455 g/mol. The summed E-state index contributed by atoms with van der Waals surface area (Å²) in [6.45, 7) is 3.96. The van der Waals surface area contributed by atoms with Crippen LogP contribution in [-0.4, -0.2) is 20.0 Å². The maximum Gasteiger partial charge on any atom is 0.332 e. The minimum Gasteiger partial charge on any atom is -0.324 e. The van der Waals surface area contributed by atoms with Crippen molar-refractivity contribution in [1.82, 2.24) is 14.1 Å². The first-order valence-electron chi connectivity index (χ1n) is 10.8. The Morgan fingerprint density at radius 3 is 2.31 bits per heavy atom. The van der Waals surface area contributed by atoms with E-state index in [1.165, 1.54) is 11.6 Å². The van der Waals surface area contributed by atoms with Crippen molar-refractivity contribution in [3.05, 3.63) is 67.4 Å². The van der Waals surface area contributed by atoms with Gasteiger partial charge in [0.15, 0.2) is 5.65 Å². The number of aromatic nitrogens is 3. The molecule has 1 aliphatic rings. The highest BCUT2D eigenvalue weighted by molar-refractivity contribution is 6.30. The third-order valence-corrected chi connectivity index (χ3v) is 6.90. The Bertz CT molecular complexity index is 1320. The Morgan fingerprint density at radius 1 is 1.09 bits per heavy atom. The van der Waals surface area contributed by atoms with Crippen molar-refractivity contribution >= 4 is 34.2 Å². The standard InChI is InChI=1S/C24H27ClN4O3/c1-14(2)17-13-26-20-18(21(30)29(4)23(32)28(20)3)19(17)27-22(31)24(11-5-6-12-24)15-7-9-16(25)10-8-15/h7-10,13-14H,5-6,11-12H2,1-4H3,(H,26,27,31). The maximum atomic E-state index is 13.8. The first-order chi connectivity index (χ1) is 15.2. The molecule has 8 heteroatoms. The van der Waals surface area contributed by atoms with Crippen molar-refractivity contribution in [3.63, 3.8) is 0 Å². The van der Waals surface area contributed by atoms with E-state index in [0.29, 0.717) is 10.7 Å². The topological polar surface area (TPSA) is 86.0 Å². The van der Waals surface area contributed by atoms with Crippen LogP contribution in [0.1, 0.15) is 56.6 Å². The van der Waals surface area contributed by atoms with Crippen LogP contribution in [-0.2, 0) is 24.3 Å². The molecule has 0 radical (unpaired) electrons. The number of nitrogens with one attached hydrogen (secondary N) is 1. The highest BCUT2D eigenvalue weighted by Crippen LogP contribution is 2.43. The summed E-state index contributed by atoms with van der Waals surface area (Å²) in [5.74, 6) is -0.137. The molecule has 0 atom stereocenters. The van der Waals surface area contributed by atoms with E-state index in [9.17, 15) is 14.4 Å². The number of carbonyl (C=O) groups excluding carboxylic acids is 1. The molecular weight excluding hydrogens is 428 g/mol. The Balaban J connectivity index is 1.92. The third kappa shape index (κ3) is 3.45. The van der Waals surface area contributed by atoms with Crippen LogP contribution in [0.2, 0.25) is 5.02 Å². The van der Waals surface area contributed by atoms with Crippen molar-refractivity contribution in [2.24, 2.45) is 14.1 Å². The van der Waals surface area contributed by atoms with Crippen LogP contribution < -0.4 is 16.6 Å². The third-order valence-electron chi connectivity index (χ3n) is 6.65. The number of anilines is 1. The molecular formula is C24H27ClN4O3. The lowest BCUT2D eigenvalue weighted by Gasteiger charge is -2.29. The number of pyridine rings is 1. The zero-order chi connectivity index (χ0) is 23.2. The van der Waals surface area contributed by atoms with Gasteiger partial charge < -0.3 is 5.32 Å². The number of amides is 1. The summed E-state index contributed by atoms with van der Waals surface area (Å²) in [5.41, 5.74) is 0.738. The Morgan fingerprint density at radius 2 is 1.72 bits per heavy atom. The van der Waals surface area contributed by atoms with Crippen LogP contribution in [0.3, 0.4) is 0 Å². The van der Waals surface area contributed by atoms with Crippen LogP contribution in [0.15, 0.2) is 40.1 Å². The number of fused-ring (bicyclic) bond motifs is 1. The number of benzene rings is 1. The Hall–Kier alpha value is -2.93. The van der Waals surface area contributed by atoms with Gasteiger partial charge in [0.2, 0.25) is 5.91 Å². The van der Waals surface area contributed by atoms with Crippen molar-refractivity contribution in [2.45, 2.75) is 50.9 Å². The fourth-order valence-electron chi connectivity index (χ4n) is 4.74. The van der Waals surface area contributed by atoms with E-state index >= 15 is 0 Å². The highest BCUT2D eigenvalue weighted by atomic mass is 35.5. The maximum absolute atomic E-state index is 13.8. The summed E-state index contributed by atoms with van der Waals surface area (Å²) < 4.78 is 2.38. The van der Waals surface area contributed by atoms with Gasteiger partial charge in [0.25, 0.3) is 5.56 Å². The molecule has 2 heterocycles. The van der Waals surface area contributed by atoms with Gasteiger partial charge in [-0.1, -0.05) is 50.4 Å². The Labute approximate surface area is 191 Å². The molecule has 1 aromatic carbocycles. The Kier molecular flexibility index (Phi) is 5.71. The molecule has 168 valence electrons. The molecule has 0 bridgehead atoms. The van der Waals surface area contributed by atoms with Gasteiger partial charge in [-0.05, 0) is 42.0 Å². The molecule has 0 saturated heterocycles. The minimum atomic E-state index is -0.694. The fraction of sp³-hybridized carbons (Fsp3) is 0.417. The van der Waals surface area contributed by atoms with E-state index in [2.05, 4.69) is 10.3 Å². The van der Waals surface area contributed by atoms with E-state index < -0.39 is 16.7 Å². The summed E-state index contributed by atoms with van der Waals surface area (Å²) in [6.07, 6.45) is 4.97. The molecule has 0 unspecified atom stereocenters. The van der Waals surface area contributed by atoms with E-state index in [1.54, 1.807) is 25.4 Å². The number of rotatable bonds is 4. The van der Waals surface area contributed by atoms with Gasteiger partial charge in [0.1, 0.15) is 5.39 Å². The van der Waals surface area contributed by atoms with Crippen LogP contribution in [0, 0.1) is 0 Å². The highest BCUT2D eigenvalue weighted by Gasteiger charge is 2.43. The molecule has 2 aromatic heterocycles. The van der Waals surface area contributed by atoms with E-state index in [0.717, 1.165) is 41.4 Å². The van der Waals surface area contributed by atoms with Gasteiger partial charge in [0, 0.05) is 25.3 Å². The SMILES string of the molecule is CC(C)c1cnc2c(c1NC(=O)C1(c3ccc(Cl)cc3)CCCC1)c(=O)n(C)c(=O)n2C. The molecule has 7 nitrogen and oxygen atoms in total. The van der Waals surface area contributed by atoms with Crippen LogP contribution >= 0.6 is 11.6 Å². The molecule has 32 heavy (non-hydrogen) atoms. The number of hydrogen-bond acceptors (Lipinski definition) is 4. The summed E-state index contributed by atoms with van der Waals surface area (Å²) in [7, 11) is 3.01. The predicted molar refractivity (Wildman–Crippen MR) is 127 cm³/mol. The zero-order valence-corrected chi connectivity index (χ0v) is 19.5. The first-order valence-corrected chi connectivity index (χ1v) is 11.2. The number of carbonyl (C=O) groups is 1. The molecule has 1 N–H and O–H groups in total. The first kappa shape index (κ1) is 22.3. The van der Waals surface area contributed by atoms with Gasteiger partial charge in [-0.2, -0.15) is 0 Å². The van der Waals surface area contributed by atoms with Crippen molar-refractivity contribution in [3.8, 4) is 0 Å². The molecule has 4 rings (SSSR count). The van der Waals surface area contributed by atoms with Crippen LogP contribution in [0.25, 0.3) is 11.0 Å². The number of halogens is 1. The van der Waals surface area contributed by atoms with Crippen molar-refractivity contribution in [1.29, 1.82) is 0 Å². The second kappa shape index (κ2) is 8.20. The minimum absolute atomic E-state index is 0.0131. The predicted octanol–water partition coefficient (Wildman–Crippen LogP) is 3.86. The van der Waals surface area contributed by atoms with Gasteiger partial charge in [-0.15, -0.1) is 0 Å². The fourth-order valence-corrected chi connectivity index (χ4v) is 4.87. The molecule has 0 spiro atoms. The second-order valence-electron chi connectivity index (χ2n) is 8.90. The second-order valence-corrected chi connectivity index (χ2v) is 9.33. The van der Waals surface area contributed by atoms with Crippen molar-refractivity contribution in [2.75, 3.05) is 5.32 Å². The van der Waals surface area contributed by atoms with Crippen LogP contribution in [0.4, 0.5) is 5.69 Å². The van der Waals surface area contributed by atoms with Gasteiger partial charge in [0.05, 0.1) is 11.1 Å². The molecule has 1 fully saturated rings. The van der Waals surface area contributed by atoms with E-state index in [4.69, 9.17) is 11.6 Å². The summed E-state index contributed by atoms with van der Waals surface area (Å²) in [6, 6.07) is 7.42. The van der Waals surface area contributed by atoms with Crippen LogP contribution in [0.5, 0.6) is 0 Å². The quantitative estimate of drug-likeness (QED) is 0.648. The monoisotopic (exact) mass is 454 g/mol. The average Bonchev–Trinajstić information content (AvgIpc) is 3.27. The number of aryl methyl sites for hydroxylation is 1. The van der Waals surface area contributed by atoms with E-state index in [-0.39, 0.29) is 22.9 Å². The summed E-state index contributed by atoms with van der Waals surface area (Å²) in [5, 5.41) is 3.97. The molecule has 1 amide bonds. The van der Waals surface area contributed by atoms with Gasteiger partial charge >= 0.3 is 5.69 Å². The zero-order valence-electron chi connectivity index (χ0n) is 18.7. The smallest absolute Gasteiger partial charge is 0.324 e. The van der Waals surface area contributed by atoms with Crippen molar-refractivity contribution < 1.29 is 4.79 Å².